The van der Waals surface area contributed by atoms with Gasteiger partial charge in [0.05, 0.1) is 11.6 Å². The molecule has 1 aromatic carbocycles. The van der Waals surface area contributed by atoms with Gasteiger partial charge in [0, 0.05) is 24.3 Å². The van der Waals surface area contributed by atoms with E-state index in [2.05, 4.69) is 19.1 Å². The molecule has 1 N–H and O–H groups in total. The summed E-state index contributed by atoms with van der Waals surface area (Å²) in [7, 11) is 0. The minimum atomic E-state index is -0.775. The molecule has 2 aromatic rings. The normalized spacial score (nSPS) is 23.8. The van der Waals surface area contributed by atoms with Crippen LogP contribution in [0.15, 0.2) is 24.3 Å². The molecule has 2 fully saturated rings. The summed E-state index contributed by atoms with van der Waals surface area (Å²) < 4.78 is 1.91. The lowest BCUT2D eigenvalue weighted by atomic mass is 9.92. The summed E-state index contributed by atoms with van der Waals surface area (Å²) >= 11 is 0. The predicted molar refractivity (Wildman–Crippen MR) is 104 cm³/mol. The second-order valence-electron chi connectivity index (χ2n) is 8.53. The van der Waals surface area contributed by atoms with Gasteiger partial charge in [-0.1, -0.05) is 17.7 Å². The van der Waals surface area contributed by atoms with Crippen LogP contribution in [-0.4, -0.2) is 44.8 Å². The Morgan fingerprint density at radius 1 is 1.11 bits per heavy atom. The molecular formula is C22H25N3O3. The molecule has 1 aromatic heterocycles. The number of benzene rings is 1. The van der Waals surface area contributed by atoms with E-state index in [9.17, 15) is 14.7 Å². The van der Waals surface area contributed by atoms with Gasteiger partial charge in [-0.15, -0.1) is 0 Å². The summed E-state index contributed by atoms with van der Waals surface area (Å²) in [5.41, 5.74) is 4.86. The number of hydrogen-bond donors (Lipinski definition) is 1. The van der Waals surface area contributed by atoms with E-state index < -0.39 is 11.9 Å². The van der Waals surface area contributed by atoms with Crippen molar-refractivity contribution < 1.29 is 14.7 Å². The minimum Gasteiger partial charge on any atom is -0.481 e. The van der Waals surface area contributed by atoms with Crippen molar-refractivity contribution in [3.05, 3.63) is 46.8 Å². The fraction of sp³-hybridized carbons (Fsp3) is 0.500. The van der Waals surface area contributed by atoms with Crippen molar-refractivity contribution in [1.29, 1.82) is 0 Å². The van der Waals surface area contributed by atoms with Crippen LogP contribution in [0, 0.1) is 24.7 Å². The van der Waals surface area contributed by atoms with Crippen molar-refractivity contribution in [2.45, 2.75) is 39.0 Å². The van der Waals surface area contributed by atoms with Crippen LogP contribution in [-0.2, 0) is 17.6 Å². The van der Waals surface area contributed by atoms with Gasteiger partial charge in [0.2, 0.25) is 0 Å². The third-order valence-corrected chi connectivity index (χ3v) is 6.61. The summed E-state index contributed by atoms with van der Waals surface area (Å²) in [5, 5.41) is 14.3. The summed E-state index contributed by atoms with van der Waals surface area (Å²) in [6, 6.07) is 8.18. The van der Waals surface area contributed by atoms with Crippen LogP contribution in [0.4, 0.5) is 0 Å². The van der Waals surface area contributed by atoms with E-state index in [1.807, 2.05) is 16.8 Å². The van der Waals surface area contributed by atoms with Crippen LogP contribution in [0.25, 0.3) is 5.69 Å². The number of aliphatic carboxylic acids is 1. The lowest BCUT2D eigenvalue weighted by Gasteiger charge is -2.15. The van der Waals surface area contributed by atoms with E-state index in [0.717, 1.165) is 49.0 Å². The van der Waals surface area contributed by atoms with Crippen LogP contribution < -0.4 is 0 Å². The SMILES string of the molecule is Cc1ccc(-n2nc(C(=O)N3C[C@H](C(=O)O)[C@@H](C4CC4)C3)c3c2CCC3)cc1. The number of amides is 1. The summed E-state index contributed by atoms with van der Waals surface area (Å²) in [4.78, 5) is 26.8. The Kier molecular flexibility index (Phi) is 4.03. The first-order valence-corrected chi connectivity index (χ1v) is 10.2. The predicted octanol–water partition coefficient (Wildman–Crippen LogP) is 2.85. The van der Waals surface area contributed by atoms with Crippen molar-refractivity contribution in [3.8, 4) is 5.69 Å². The van der Waals surface area contributed by atoms with Gasteiger partial charge in [0.25, 0.3) is 5.91 Å². The molecule has 1 aliphatic heterocycles. The molecule has 146 valence electrons. The first-order valence-electron chi connectivity index (χ1n) is 10.2. The highest BCUT2D eigenvalue weighted by Crippen LogP contribution is 2.44. The molecule has 0 unspecified atom stereocenters. The van der Waals surface area contributed by atoms with Gasteiger partial charge in [-0.2, -0.15) is 5.10 Å². The number of likely N-dealkylation sites (tertiary alicyclic amines) is 1. The number of hydrogen-bond acceptors (Lipinski definition) is 3. The number of rotatable bonds is 4. The number of carbonyl (C=O) groups excluding carboxylic acids is 1. The quantitative estimate of drug-likeness (QED) is 0.886. The zero-order valence-corrected chi connectivity index (χ0v) is 16.1. The Bertz CT molecular complexity index is 943. The second-order valence-corrected chi connectivity index (χ2v) is 8.53. The lowest BCUT2D eigenvalue weighted by molar-refractivity contribution is -0.142. The zero-order chi connectivity index (χ0) is 19.4. The highest BCUT2D eigenvalue weighted by molar-refractivity contribution is 5.95. The standard InChI is InChI=1S/C22H25N3O3/c1-13-5-9-15(10-6-13)25-19-4-2-3-16(19)20(23-25)21(26)24-11-17(14-7-8-14)18(12-24)22(27)28/h5-6,9-10,14,17-18H,2-4,7-8,11-12H2,1H3,(H,27,28)/t17-,18+/m1/s1. The molecule has 0 bridgehead atoms. The average Bonchev–Trinajstić information content (AvgIpc) is 3.11. The van der Waals surface area contributed by atoms with Crippen molar-refractivity contribution in [3.63, 3.8) is 0 Å². The molecule has 0 radical (unpaired) electrons. The number of aromatic nitrogens is 2. The topological polar surface area (TPSA) is 75.4 Å². The van der Waals surface area contributed by atoms with Gasteiger partial charge in [0.15, 0.2) is 5.69 Å². The molecule has 1 saturated heterocycles. The number of carboxylic acids is 1. The minimum absolute atomic E-state index is 0.0914. The monoisotopic (exact) mass is 379 g/mol. The Morgan fingerprint density at radius 2 is 1.86 bits per heavy atom. The van der Waals surface area contributed by atoms with E-state index in [4.69, 9.17) is 5.10 Å². The van der Waals surface area contributed by atoms with Gasteiger partial charge >= 0.3 is 5.97 Å². The number of fused-ring (bicyclic) bond motifs is 1. The van der Waals surface area contributed by atoms with Crippen molar-refractivity contribution >= 4 is 11.9 Å². The maximum Gasteiger partial charge on any atom is 0.308 e. The Balaban J connectivity index is 1.46. The zero-order valence-electron chi connectivity index (χ0n) is 16.1. The molecule has 2 aliphatic carbocycles. The van der Waals surface area contributed by atoms with E-state index in [-0.39, 0.29) is 11.8 Å². The van der Waals surface area contributed by atoms with Gasteiger partial charge in [-0.25, -0.2) is 4.68 Å². The van der Waals surface area contributed by atoms with Gasteiger partial charge in [-0.3, -0.25) is 9.59 Å². The number of carbonyl (C=O) groups is 2. The largest absolute Gasteiger partial charge is 0.481 e. The maximum atomic E-state index is 13.3. The highest BCUT2D eigenvalue weighted by Gasteiger charge is 2.47. The number of aryl methyl sites for hydroxylation is 1. The van der Waals surface area contributed by atoms with Crippen LogP contribution in [0.3, 0.4) is 0 Å². The second kappa shape index (κ2) is 6.47. The van der Waals surface area contributed by atoms with Crippen LogP contribution in [0.5, 0.6) is 0 Å². The van der Waals surface area contributed by atoms with Crippen molar-refractivity contribution in [2.75, 3.05) is 13.1 Å². The number of nitrogens with zero attached hydrogens (tertiary/aromatic N) is 3. The summed E-state index contributed by atoms with van der Waals surface area (Å²) in [5.74, 6) is -0.756. The smallest absolute Gasteiger partial charge is 0.308 e. The summed E-state index contributed by atoms with van der Waals surface area (Å²) in [6.45, 7) is 2.91. The van der Waals surface area contributed by atoms with Crippen molar-refractivity contribution in [2.24, 2.45) is 17.8 Å². The van der Waals surface area contributed by atoms with E-state index in [1.54, 1.807) is 4.90 Å². The van der Waals surface area contributed by atoms with Gasteiger partial charge < -0.3 is 10.0 Å². The van der Waals surface area contributed by atoms with Crippen molar-refractivity contribution in [1.82, 2.24) is 14.7 Å². The first-order chi connectivity index (χ1) is 13.5. The van der Waals surface area contributed by atoms with Gasteiger partial charge in [-0.05, 0) is 63.0 Å². The van der Waals surface area contributed by atoms with E-state index in [0.29, 0.717) is 24.7 Å². The molecular weight excluding hydrogens is 354 g/mol. The fourth-order valence-corrected chi connectivity index (χ4v) is 4.92. The van der Waals surface area contributed by atoms with Gasteiger partial charge in [0.1, 0.15) is 0 Å². The summed E-state index contributed by atoms with van der Waals surface area (Å²) in [6.07, 6.45) is 5.00. The molecule has 2 heterocycles. The average molecular weight is 379 g/mol. The molecule has 3 aliphatic rings. The Labute approximate surface area is 164 Å². The highest BCUT2D eigenvalue weighted by atomic mass is 16.4. The van der Waals surface area contributed by atoms with E-state index >= 15 is 0 Å². The molecule has 1 saturated carbocycles. The van der Waals surface area contributed by atoms with Crippen LogP contribution in [0.2, 0.25) is 0 Å². The third kappa shape index (κ3) is 2.82. The van der Waals surface area contributed by atoms with Crippen LogP contribution >= 0.6 is 0 Å². The molecule has 6 heteroatoms. The van der Waals surface area contributed by atoms with E-state index in [1.165, 1.54) is 5.56 Å². The Hall–Kier alpha value is -2.63. The maximum absolute atomic E-state index is 13.3. The fourth-order valence-electron chi connectivity index (χ4n) is 4.92. The molecule has 28 heavy (non-hydrogen) atoms. The lowest BCUT2D eigenvalue weighted by Crippen LogP contribution is -2.31. The molecule has 2 atom stereocenters. The van der Waals surface area contributed by atoms with Crippen LogP contribution in [0.1, 0.15) is 46.6 Å². The molecule has 5 rings (SSSR count). The molecule has 0 spiro atoms. The first kappa shape index (κ1) is 17.5. The molecule has 6 nitrogen and oxygen atoms in total. The number of carboxylic acid groups (broad SMARTS) is 1. The Morgan fingerprint density at radius 3 is 2.54 bits per heavy atom. The third-order valence-electron chi connectivity index (χ3n) is 6.61. The molecule has 1 amide bonds.